The number of rotatable bonds is 7. The van der Waals surface area contributed by atoms with Crippen molar-refractivity contribution >= 4 is 41.2 Å². The summed E-state index contributed by atoms with van der Waals surface area (Å²) in [5.74, 6) is -0.647. The second kappa shape index (κ2) is 10.1. The Morgan fingerprint density at radius 3 is 2.55 bits per heavy atom. The second-order valence-corrected chi connectivity index (χ2v) is 7.28. The summed E-state index contributed by atoms with van der Waals surface area (Å²) in [7, 11) is 0. The maximum atomic E-state index is 12.1. The average Bonchev–Trinajstić information content (AvgIpc) is 2.76. The molecule has 0 atom stereocenters. The molecule has 0 saturated heterocycles. The zero-order chi connectivity index (χ0) is 22.2. The number of hydrazone groups is 1. The van der Waals surface area contributed by atoms with Crippen LogP contribution in [0.1, 0.15) is 22.8 Å². The molecule has 9 nitrogen and oxygen atoms in total. The van der Waals surface area contributed by atoms with Crippen LogP contribution >= 0.6 is 11.8 Å². The van der Waals surface area contributed by atoms with Crippen molar-refractivity contribution < 1.29 is 14.5 Å². The molecule has 1 heterocycles. The van der Waals surface area contributed by atoms with E-state index in [1.807, 2.05) is 12.1 Å². The first-order valence-corrected chi connectivity index (χ1v) is 9.82. The molecule has 0 unspecified atom stereocenters. The van der Waals surface area contributed by atoms with Gasteiger partial charge in [-0.05, 0) is 30.3 Å². The van der Waals surface area contributed by atoms with Gasteiger partial charge in [0, 0.05) is 52.4 Å². The molecule has 2 aromatic carbocycles. The summed E-state index contributed by atoms with van der Waals surface area (Å²) in [4.78, 5) is 39.5. The van der Waals surface area contributed by atoms with E-state index in [-0.39, 0.29) is 11.6 Å². The second-order valence-electron chi connectivity index (χ2n) is 6.19. The van der Waals surface area contributed by atoms with Gasteiger partial charge in [0.25, 0.3) is 11.6 Å². The van der Waals surface area contributed by atoms with Gasteiger partial charge in [-0.2, -0.15) is 5.10 Å². The highest BCUT2D eigenvalue weighted by Gasteiger charge is 2.13. The number of hydrogen-bond donors (Lipinski definition) is 2. The molecule has 0 bridgehead atoms. The fourth-order valence-electron chi connectivity index (χ4n) is 2.54. The Kier molecular flexibility index (Phi) is 7.07. The summed E-state index contributed by atoms with van der Waals surface area (Å²) in [5, 5.41) is 17.9. The predicted molar refractivity (Wildman–Crippen MR) is 117 cm³/mol. The van der Waals surface area contributed by atoms with E-state index in [0.29, 0.717) is 21.7 Å². The summed E-state index contributed by atoms with van der Waals surface area (Å²) in [6.07, 6.45) is 4.32. The van der Waals surface area contributed by atoms with Crippen molar-refractivity contribution in [3.8, 4) is 0 Å². The van der Waals surface area contributed by atoms with Gasteiger partial charge in [0.05, 0.1) is 16.8 Å². The number of non-ortho nitro benzene ring substituents is 1. The Balaban J connectivity index is 1.87. The number of nitrogens with one attached hydrogen (secondary N) is 2. The van der Waals surface area contributed by atoms with Gasteiger partial charge >= 0.3 is 0 Å². The van der Waals surface area contributed by atoms with Crippen molar-refractivity contribution in [2.75, 3.05) is 5.32 Å². The summed E-state index contributed by atoms with van der Waals surface area (Å²) < 4.78 is 0. The van der Waals surface area contributed by atoms with Crippen LogP contribution in [0.15, 0.2) is 81.9 Å². The minimum Gasteiger partial charge on any atom is -0.325 e. The number of carbonyl (C=O) groups is 2. The van der Waals surface area contributed by atoms with E-state index in [2.05, 4.69) is 20.8 Å². The molecule has 2 amide bonds. The van der Waals surface area contributed by atoms with Gasteiger partial charge in [0.15, 0.2) is 0 Å². The van der Waals surface area contributed by atoms with Crippen LogP contribution in [0.5, 0.6) is 0 Å². The van der Waals surface area contributed by atoms with Crippen LogP contribution in [-0.2, 0) is 4.79 Å². The minimum absolute atomic E-state index is 0.110. The SMILES string of the molecule is CC(=O)Nc1ccccc1Sc1ccc([N+](=O)[O-])cc1/C=N/NC(=O)c1ccncc1. The zero-order valence-electron chi connectivity index (χ0n) is 16.3. The first kappa shape index (κ1) is 21.7. The minimum atomic E-state index is -0.507. The number of anilines is 1. The Morgan fingerprint density at radius 1 is 1.10 bits per heavy atom. The third-order valence-corrected chi connectivity index (χ3v) is 5.10. The van der Waals surface area contributed by atoms with Crippen LogP contribution < -0.4 is 10.7 Å². The fraction of sp³-hybridized carbons (Fsp3) is 0.0476. The molecule has 156 valence electrons. The van der Waals surface area contributed by atoms with E-state index in [1.165, 1.54) is 49.4 Å². The lowest BCUT2D eigenvalue weighted by atomic mass is 10.2. The van der Waals surface area contributed by atoms with E-state index in [4.69, 9.17) is 0 Å². The highest BCUT2D eigenvalue weighted by Crippen LogP contribution is 2.36. The number of benzene rings is 2. The predicted octanol–water partition coefficient (Wildman–Crippen LogP) is 3.86. The highest BCUT2D eigenvalue weighted by molar-refractivity contribution is 7.99. The Labute approximate surface area is 181 Å². The standard InChI is InChI=1S/C21H17N5O4S/c1-14(27)24-18-4-2-3-5-20(18)31-19-7-6-17(26(29)30)12-16(19)13-23-25-21(28)15-8-10-22-11-9-15/h2-13H,1H3,(H,24,27)(H,25,28)/b23-13+. The van der Waals surface area contributed by atoms with Crippen LogP contribution in [-0.4, -0.2) is 27.9 Å². The quantitative estimate of drug-likeness (QED) is 0.330. The van der Waals surface area contributed by atoms with E-state index in [0.717, 1.165) is 4.90 Å². The first-order valence-electron chi connectivity index (χ1n) is 9.00. The van der Waals surface area contributed by atoms with Gasteiger partial charge in [-0.15, -0.1) is 0 Å². The molecule has 3 aromatic rings. The van der Waals surface area contributed by atoms with E-state index in [1.54, 1.807) is 30.3 Å². The van der Waals surface area contributed by atoms with Crippen molar-refractivity contribution in [1.82, 2.24) is 10.4 Å². The van der Waals surface area contributed by atoms with Crippen molar-refractivity contribution in [1.29, 1.82) is 0 Å². The number of para-hydroxylation sites is 1. The summed E-state index contributed by atoms with van der Waals surface area (Å²) in [5.41, 5.74) is 3.72. The normalized spacial score (nSPS) is 10.6. The Bertz CT molecular complexity index is 1150. The molecule has 0 aliphatic rings. The largest absolute Gasteiger partial charge is 0.325 e. The molecule has 0 fully saturated rings. The maximum Gasteiger partial charge on any atom is 0.271 e. The zero-order valence-corrected chi connectivity index (χ0v) is 17.1. The van der Waals surface area contributed by atoms with Gasteiger partial charge in [0.1, 0.15) is 0 Å². The van der Waals surface area contributed by atoms with Crippen LogP contribution in [0.2, 0.25) is 0 Å². The number of aromatic nitrogens is 1. The molecule has 0 aliphatic carbocycles. The van der Waals surface area contributed by atoms with Crippen LogP contribution in [0.3, 0.4) is 0 Å². The lowest BCUT2D eigenvalue weighted by Crippen LogP contribution is -2.17. The van der Waals surface area contributed by atoms with Gasteiger partial charge in [-0.3, -0.25) is 24.7 Å². The van der Waals surface area contributed by atoms with Crippen LogP contribution in [0.25, 0.3) is 0 Å². The molecule has 0 spiro atoms. The van der Waals surface area contributed by atoms with Gasteiger partial charge in [-0.25, -0.2) is 5.43 Å². The molecule has 1 aromatic heterocycles. The Hall–Kier alpha value is -4.05. The van der Waals surface area contributed by atoms with E-state index < -0.39 is 10.8 Å². The number of carbonyl (C=O) groups excluding carboxylic acids is 2. The molecule has 0 radical (unpaired) electrons. The maximum absolute atomic E-state index is 12.1. The molecule has 10 heteroatoms. The van der Waals surface area contributed by atoms with Gasteiger partial charge < -0.3 is 5.32 Å². The molecule has 31 heavy (non-hydrogen) atoms. The third kappa shape index (κ3) is 5.97. The van der Waals surface area contributed by atoms with Crippen LogP contribution in [0.4, 0.5) is 11.4 Å². The Morgan fingerprint density at radius 2 is 1.84 bits per heavy atom. The van der Waals surface area contributed by atoms with E-state index in [9.17, 15) is 19.7 Å². The van der Waals surface area contributed by atoms with Crippen LogP contribution in [0, 0.1) is 10.1 Å². The van der Waals surface area contributed by atoms with Crippen molar-refractivity contribution in [2.45, 2.75) is 16.7 Å². The first-order chi connectivity index (χ1) is 14.9. The number of nitro groups is 1. The smallest absolute Gasteiger partial charge is 0.271 e. The monoisotopic (exact) mass is 435 g/mol. The lowest BCUT2D eigenvalue weighted by molar-refractivity contribution is -0.384. The van der Waals surface area contributed by atoms with E-state index >= 15 is 0 Å². The summed E-state index contributed by atoms with van der Waals surface area (Å²) >= 11 is 1.31. The number of nitro benzene ring substituents is 1. The third-order valence-electron chi connectivity index (χ3n) is 3.93. The molecular formula is C21H17N5O4S. The summed E-state index contributed by atoms with van der Waals surface area (Å²) in [6.45, 7) is 1.41. The van der Waals surface area contributed by atoms with Crippen molar-refractivity contribution in [3.63, 3.8) is 0 Å². The number of amides is 2. The molecular weight excluding hydrogens is 418 g/mol. The summed E-state index contributed by atoms with van der Waals surface area (Å²) in [6, 6.07) is 14.6. The molecule has 0 aliphatic heterocycles. The highest BCUT2D eigenvalue weighted by atomic mass is 32.2. The molecule has 2 N–H and O–H groups in total. The fourth-order valence-corrected chi connectivity index (χ4v) is 3.52. The number of pyridine rings is 1. The van der Waals surface area contributed by atoms with Gasteiger partial charge in [-0.1, -0.05) is 23.9 Å². The molecule has 0 saturated carbocycles. The lowest BCUT2D eigenvalue weighted by Gasteiger charge is -2.11. The van der Waals surface area contributed by atoms with Gasteiger partial charge in [0.2, 0.25) is 5.91 Å². The molecule has 3 rings (SSSR count). The van der Waals surface area contributed by atoms with Crippen molar-refractivity contribution in [3.05, 3.63) is 88.2 Å². The topological polar surface area (TPSA) is 127 Å². The number of nitrogens with zero attached hydrogens (tertiary/aromatic N) is 3. The number of hydrogen-bond acceptors (Lipinski definition) is 7. The average molecular weight is 435 g/mol. The van der Waals surface area contributed by atoms with Crippen molar-refractivity contribution in [2.24, 2.45) is 5.10 Å².